The van der Waals surface area contributed by atoms with Crippen LogP contribution >= 0.6 is 8.38 Å². The minimum Gasteiger partial charge on any atom is -0.487 e. The monoisotopic (exact) mass is 658 g/mol. The van der Waals surface area contributed by atoms with Crippen molar-refractivity contribution in [3.05, 3.63) is 77.6 Å². The number of likely N-dealkylation sites (tertiary alicyclic amines) is 1. The first-order valence-corrected chi connectivity index (χ1v) is 17.0. The summed E-state index contributed by atoms with van der Waals surface area (Å²) in [5, 5.41) is 7.63. The number of benzene rings is 2. The fraction of sp³-hybridized carbons (Fsp3) is 0.500. The topological polar surface area (TPSA) is 196 Å². The number of unbranched alkanes of at least 4 members (excludes halogenated alkanes) is 3. The predicted octanol–water partition coefficient (Wildman–Crippen LogP) is 1.29. The van der Waals surface area contributed by atoms with Crippen molar-refractivity contribution < 1.29 is 24.1 Å². The molecule has 3 atom stereocenters. The van der Waals surface area contributed by atoms with Gasteiger partial charge in [0.2, 0.25) is 11.8 Å². The van der Waals surface area contributed by atoms with E-state index in [2.05, 4.69) is 10.6 Å². The average molecular weight is 659 g/mol. The zero-order chi connectivity index (χ0) is 33.5. The molecule has 0 spiro atoms. The third-order valence-electron chi connectivity index (χ3n) is 7.69. The Hall–Kier alpha value is -3.29. The molecule has 0 aromatic heterocycles. The Bertz CT molecular complexity index is 1230. The Balaban J connectivity index is 1.55. The molecule has 1 aliphatic heterocycles. The first-order valence-electron chi connectivity index (χ1n) is 15.7. The number of hydrogen-bond acceptors (Lipinski definition) is 11. The van der Waals surface area contributed by atoms with Gasteiger partial charge in [-0.05, 0) is 56.7 Å². The summed E-state index contributed by atoms with van der Waals surface area (Å²) in [5.41, 5.74) is 13.9. The van der Waals surface area contributed by atoms with Gasteiger partial charge in [0.05, 0.1) is 18.3 Å². The molecule has 2 aromatic carbocycles. The highest BCUT2D eigenvalue weighted by Gasteiger charge is 2.41. The number of hydrogen-bond donors (Lipinski definition) is 7. The van der Waals surface area contributed by atoms with E-state index < -0.39 is 20.2 Å². The molecule has 0 saturated carbocycles. The summed E-state index contributed by atoms with van der Waals surface area (Å²) in [6.45, 7) is 2.24. The Morgan fingerprint density at radius 3 is 2.43 bits per heavy atom. The standard InChI is InChI=1S/C32H51N8O5P/c1-38(2)22-30(41)39-21-27(18-29(39)31(42)36-17-9-4-3-8-16-33)40(35)20-26(34)23-45-28-14-12-25(13-15-28)32(46(43)44)37-19-24-10-6-5-7-11-24/h5-7,10-15,20,27,29,32,37,43-44H,3-4,8-9,16-19,21-23,33-35H2,1-2H3,(H,36,42)/b26-20-. The molecule has 10 N–H and O–H groups in total. The van der Waals surface area contributed by atoms with Gasteiger partial charge in [-0.2, -0.15) is 0 Å². The van der Waals surface area contributed by atoms with E-state index in [0.29, 0.717) is 44.0 Å². The van der Waals surface area contributed by atoms with Crippen LogP contribution < -0.4 is 32.7 Å². The molecule has 1 heterocycles. The lowest BCUT2D eigenvalue weighted by Gasteiger charge is -2.25. The van der Waals surface area contributed by atoms with Gasteiger partial charge in [-0.15, -0.1) is 0 Å². The van der Waals surface area contributed by atoms with Crippen LogP contribution in [0.2, 0.25) is 0 Å². The Morgan fingerprint density at radius 1 is 1.09 bits per heavy atom. The summed E-state index contributed by atoms with van der Waals surface area (Å²) in [5.74, 6) is 5.98. The van der Waals surface area contributed by atoms with Crippen LogP contribution in [-0.2, 0) is 16.1 Å². The molecule has 3 rings (SSSR count). The largest absolute Gasteiger partial charge is 0.487 e. The number of nitrogens with zero attached hydrogens (tertiary/aromatic N) is 3. The van der Waals surface area contributed by atoms with Crippen molar-refractivity contribution in [3.8, 4) is 5.75 Å². The fourth-order valence-corrected chi connectivity index (χ4v) is 5.95. The number of carbonyl (C=O) groups is 2. The minimum absolute atomic E-state index is 0.0551. The molecule has 2 aromatic rings. The second kappa shape index (κ2) is 19.4. The third kappa shape index (κ3) is 12.1. The van der Waals surface area contributed by atoms with Crippen molar-refractivity contribution in [2.75, 3.05) is 46.9 Å². The summed E-state index contributed by atoms with van der Waals surface area (Å²) in [4.78, 5) is 49.5. The van der Waals surface area contributed by atoms with Crippen molar-refractivity contribution in [3.63, 3.8) is 0 Å². The number of nitrogens with one attached hydrogen (secondary N) is 2. The van der Waals surface area contributed by atoms with Crippen LogP contribution in [0.15, 0.2) is 66.5 Å². The Morgan fingerprint density at radius 2 is 1.78 bits per heavy atom. The van der Waals surface area contributed by atoms with E-state index in [4.69, 9.17) is 22.0 Å². The highest BCUT2D eigenvalue weighted by atomic mass is 31.2. The first kappa shape index (κ1) is 37.2. The van der Waals surface area contributed by atoms with Crippen LogP contribution in [0.4, 0.5) is 0 Å². The molecule has 0 aliphatic carbocycles. The second-order valence-corrected chi connectivity index (χ2v) is 12.9. The summed E-state index contributed by atoms with van der Waals surface area (Å²) in [6, 6.07) is 15.8. The maximum absolute atomic E-state index is 13.1. The Kier molecular flexibility index (Phi) is 15.7. The Labute approximate surface area is 273 Å². The molecule has 1 aliphatic rings. The van der Waals surface area contributed by atoms with Crippen LogP contribution in [0.5, 0.6) is 5.75 Å². The van der Waals surface area contributed by atoms with Gasteiger partial charge in [0.15, 0.2) is 8.38 Å². The van der Waals surface area contributed by atoms with Crippen LogP contribution in [0.3, 0.4) is 0 Å². The maximum Gasteiger partial charge on any atom is 0.242 e. The molecule has 46 heavy (non-hydrogen) atoms. The summed E-state index contributed by atoms with van der Waals surface area (Å²) in [6.07, 6.45) is 5.78. The quantitative estimate of drug-likeness (QED) is 0.0497. The molecular weight excluding hydrogens is 607 g/mol. The average Bonchev–Trinajstić information content (AvgIpc) is 3.49. The molecule has 14 heteroatoms. The van der Waals surface area contributed by atoms with Gasteiger partial charge in [-0.1, -0.05) is 55.3 Å². The summed E-state index contributed by atoms with van der Waals surface area (Å²) < 4.78 is 5.84. The van der Waals surface area contributed by atoms with Crippen molar-refractivity contribution in [1.29, 1.82) is 0 Å². The zero-order valence-electron chi connectivity index (χ0n) is 26.9. The second-order valence-electron chi connectivity index (χ2n) is 11.8. The van der Waals surface area contributed by atoms with E-state index in [1.54, 1.807) is 40.3 Å². The lowest BCUT2D eigenvalue weighted by Crippen LogP contribution is -2.48. The van der Waals surface area contributed by atoms with Crippen LogP contribution in [0.25, 0.3) is 0 Å². The lowest BCUT2D eigenvalue weighted by molar-refractivity contribution is -0.138. The zero-order valence-corrected chi connectivity index (χ0v) is 27.8. The molecular formula is C32H51N8O5P. The van der Waals surface area contributed by atoms with E-state index in [1.807, 2.05) is 44.4 Å². The van der Waals surface area contributed by atoms with Crippen LogP contribution in [0.1, 0.15) is 49.0 Å². The highest BCUT2D eigenvalue weighted by Crippen LogP contribution is 2.42. The fourth-order valence-electron chi connectivity index (χ4n) is 5.26. The van der Waals surface area contributed by atoms with Gasteiger partial charge in [-0.25, -0.2) is 5.84 Å². The van der Waals surface area contributed by atoms with Gasteiger partial charge in [0.25, 0.3) is 0 Å². The number of hydrazine groups is 1. The molecule has 0 bridgehead atoms. The van der Waals surface area contributed by atoms with Crippen LogP contribution in [0, 0.1) is 0 Å². The predicted molar refractivity (Wildman–Crippen MR) is 181 cm³/mol. The van der Waals surface area contributed by atoms with Gasteiger partial charge in [0.1, 0.15) is 24.2 Å². The molecule has 3 unspecified atom stereocenters. The molecule has 13 nitrogen and oxygen atoms in total. The van der Waals surface area contributed by atoms with E-state index in [9.17, 15) is 19.4 Å². The molecule has 1 fully saturated rings. The number of ether oxygens (including phenoxy) is 1. The van der Waals surface area contributed by atoms with Gasteiger partial charge < -0.3 is 46.1 Å². The number of nitrogens with two attached hydrogens (primary N) is 3. The van der Waals surface area contributed by atoms with Crippen molar-refractivity contribution in [2.45, 2.75) is 56.5 Å². The van der Waals surface area contributed by atoms with Crippen molar-refractivity contribution >= 4 is 20.2 Å². The maximum atomic E-state index is 13.1. The van der Waals surface area contributed by atoms with E-state index in [0.717, 1.165) is 36.8 Å². The number of rotatable bonds is 19. The number of carbonyl (C=O) groups excluding carboxylic acids is 2. The van der Waals surface area contributed by atoms with Crippen LogP contribution in [-0.4, -0.2) is 95.4 Å². The lowest BCUT2D eigenvalue weighted by atomic mass is 10.1. The minimum atomic E-state index is -2.26. The summed E-state index contributed by atoms with van der Waals surface area (Å²) >= 11 is 0. The normalized spacial score (nSPS) is 17.4. The number of likely N-dealkylation sites (N-methyl/N-ethyl adjacent to an activating group) is 1. The van der Waals surface area contributed by atoms with Gasteiger partial charge >= 0.3 is 0 Å². The van der Waals surface area contributed by atoms with Crippen molar-refractivity contribution in [2.24, 2.45) is 17.3 Å². The van der Waals surface area contributed by atoms with E-state index >= 15 is 0 Å². The molecule has 0 radical (unpaired) electrons. The first-order chi connectivity index (χ1) is 22.1. The molecule has 254 valence electrons. The number of amides is 2. The van der Waals surface area contributed by atoms with Crippen molar-refractivity contribution in [1.82, 2.24) is 25.4 Å². The van der Waals surface area contributed by atoms with Gasteiger partial charge in [-0.3, -0.25) is 14.9 Å². The molecule has 2 amide bonds. The molecule has 1 saturated heterocycles. The smallest absolute Gasteiger partial charge is 0.242 e. The SMILES string of the molecule is CN(C)CC(=O)N1CC(N(N)/C=C(\N)COc2ccc(C(NCc3ccccc3)P(O)O)cc2)CC1C(=O)NCCCCCCN. The van der Waals surface area contributed by atoms with E-state index in [1.165, 1.54) is 5.01 Å². The highest BCUT2D eigenvalue weighted by molar-refractivity contribution is 7.45. The summed E-state index contributed by atoms with van der Waals surface area (Å²) in [7, 11) is 1.36. The third-order valence-corrected chi connectivity index (χ3v) is 8.64. The van der Waals surface area contributed by atoms with E-state index in [-0.39, 0.29) is 31.0 Å². The van der Waals surface area contributed by atoms with Gasteiger partial charge in [0, 0.05) is 32.3 Å².